The number of fused-ring (bicyclic) bond motifs is 1. The van der Waals surface area contributed by atoms with Gasteiger partial charge in [0.25, 0.3) is 0 Å². The summed E-state index contributed by atoms with van der Waals surface area (Å²) in [7, 11) is 7.40. The molecule has 0 bridgehead atoms. The van der Waals surface area contributed by atoms with Crippen molar-refractivity contribution < 1.29 is 58.4 Å². The fourth-order valence-corrected chi connectivity index (χ4v) is 10.9. The van der Waals surface area contributed by atoms with Gasteiger partial charge in [0, 0.05) is 73.5 Å². The van der Waals surface area contributed by atoms with Gasteiger partial charge in [0.2, 0.25) is 0 Å². The molecule has 0 amide bonds. The van der Waals surface area contributed by atoms with Crippen molar-refractivity contribution >= 4 is 34.2 Å². The zero-order chi connectivity index (χ0) is 49.8. The zero-order valence-electron chi connectivity index (χ0n) is 42.5. The summed E-state index contributed by atoms with van der Waals surface area (Å²) in [5.74, 6) is -2.59. The van der Waals surface area contributed by atoms with Gasteiger partial charge >= 0.3 is 5.97 Å². The van der Waals surface area contributed by atoms with Gasteiger partial charge in [-0.1, -0.05) is 32.4 Å². The number of cyclic esters (lactones) is 1. The minimum atomic E-state index is -1.82. The highest BCUT2D eigenvalue weighted by Crippen LogP contribution is 2.41. The van der Waals surface area contributed by atoms with E-state index in [0.29, 0.717) is 37.6 Å². The van der Waals surface area contributed by atoms with E-state index < -0.39 is 96.0 Å². The van der Waals surface area contributed by atoms with E-state index in [-0.39, 0.29) is 37.3 Å². The third-order valence-electron chi connectivity index (χ3n) is 14.8. The number of rotatable bonds is 13. The molecule has 3 aliphatic heterocycles. The molecule has 5 N–H and O–H groups in total. The van der Waals surface area contributed by atoms with Crippen LogP contribution in [-0.2, 0) is 38.0 Å². The number of halogens is 1. The number of anilines is 1. The van der Waals surface area contributed by atoms with Gasteiger partial charge in [0.1, 0.15) is 30.0 Å². The average molecular weight is 968 g/mol. The summed E-state index contributed by atoms with van der Waals surface area (Å²) in [4.78, 5) is 23.1. The van der Waals surface area contributed by atoms with Crippen molar-refractivity contribution in [1.82, 2.24) is 14.8 Å². The monoisotopic (exact) mass is 967 g/mol. The molecule has 1 aromatic carbocycles. The number of pyridine rings is 1. The Morgan fingerprint density at radius 3 is 2.34 bits per heavy atom. The van der Waals surface area contributed by atoms with Gasteiger partial charge in [-0.05, 0) is 125 Å². The Bertz CT molecular complexity index is 1900. The van der Waals surface area contributed by atoms with Crippen LogP contribution in [0.5, 0.6) is 0 Å². The molecule has 4 heterocycles. The second-order valence-electron chi connectivity index (χ2n) is 20.8. The smallest absolute Gasteiger partial charge is 0.311 e. The predicted octanol–water partition coefficient (Wildman–Crippen LogP) is 5.63. The Hall–Kier alpha value is -2.29. The van der Waals surface area contributed by atoms with Crippen molar-refractivity contribution in [3.05, 3.63) is 35.5 Å². The van der Waals surface area contributed by atoms with Crippen molar-refractivity contribution in [1.29, 1.82) is 0 Å². The topological polar surface area (TPSA) is 194 Å². The van der Waals surface area contributed by atoms with E-state index in [2.05, 4.69) is 15.2 Å². The number of nitrogens with zero attached hydrogens (tertiary/aromatic N) is 3. The third kappa shape index (κ3) is 13.2. The SMILES string of the molecule is CC[C@@H]1OC(=O)[C@H](C)[C@H](O[C@@H]2CC(C)(OC)[C@H](O)[C@H](C)O2)C(C)[C@H](O[C@@H]2O[C@H](C)C[C@H](N(C)C)C2OCCCNc2ccnc3cc(Cl)ccc23)[C@](C)(O)C[C@H](C)CN(C)[C@H](C)[C@@H](O)[C@@]1(C)O. The molecule has 3 aliphatic rings. The highest BCUT2D eigenvalue weighted by Gasteiger charge is 2.53. The molecule has 382 valence electrons. The van der Waals surface area contributed by atoms with E-state index in [0.717, 1.165) is 16.6 Å². The first-order valence-corrected chi connectivity index (χ1v) is 24.7. The molecule has 0 aliphatic carbocycles. The number of esters is 1. The predicted molar refractivity (Wildman–Crippen MR) is 258 cm³/mol. The van der Waals surface area contributed by atoms with Crippen molar-refractivity contribution in [3.8, 4) is 0 Å². The molecule has 2 aromatic rings. The fourth-order valence-electron chi connectivity index (χ4n) is 10.7. The maximum absolute atomic E-state index is 14.5. The number of aromatic nitrogens is 1. The molecule has 1 aromatic heterocycles. The molecule has 0 spiro atoms. The molecule has 17 heteroatoms. The third-order valence-corrected chi connectivity index (χ3v) is 15.1. The first kappa shape index (κ1) is 55.6. The number of likely N-dealkylation sites (N-methyl/N-ethyl adjacent to an activating group) is 2. The number of benzene rings is 1. The first-order chi connectivity index (χ1) is 31.3. The highest BCUT2D eigenvalue weighted by atomic mass is 35.5. The molecule has 3 fully saturated rings. The van der Waals surface area contributed by atoms with E-state index in [4.69, 9.17) is 44.8 Å². The molecule has 5 rings (SSSR count). The minimum Gasteiger partial charge on any atom is -0.459 e. The maximum Gasteiger partial charge on any atom is 0.311 e. The number of nitrogens with one attached hydrogen (secondary N) is 1. The molecule has 0 saturated carbocycles. The molecular weight excluding hydrogens is 884 g/mol. The van der Waals surface area contributed by atoms with E-state index in [9.17, 15) is 25.2 Å². The van der Waals surface area contributed by atoms with Crippen molar-refractivity contribution in [2.24, 2.45) is 17.8 Å². The van der Waals surface area contributed by atoms with Crippen LogP contribution < -0.4 is 5.32 Å². The number of methoxy groups -OCH3 is 1. The maximum atomic E-state index is 14.5. The van der Waals surface area contributed by atoms with Gasteiger partial charge < -0.3 is 68.7 Å². The molecule has 67 heavy (non-hydrogen) atoms. The summed E-state index contributed by atoms with van der Waals surface area (Å²) in [5.41, 5.74) is -2.67. The Morgan fingerprint density at radius 2 is 1.69 bits per heavy atom. The summed E-state index contributed by atoms with van der Waals surface area (Å²) in [6.45, 7) is 19.4. The van der Waals surface area contributed by atoms with E-state index in [1.165, 1.54) is 14.0 Å². The molecule has 0 radical (unpaired) electrons. The van der Waals surface area contributed by atoms with Gasteiger partial charge in [-0.3, -0.25) is 9.78 Å². The number of carbonyl (C=O) groups excluding carboxylic acids is 1. The molecule has 3 unspecified atom stereocenters. The van der Waals surface area contributed by atoms with Crippen LogP contribution in [0.2, 0.25) is 5.02 Å². The van der Waals surface area contributed by atoms with Gasteiger partial charge in [0.05, 0.1) is 47.1 Å². The Kier molecular flexibility index (Phi) is 19.3. The van der Waals surface area contributed by atoms with E-state index in [1.54, 1.807) is 40.8 Å². The number of hydrogen-bond acceptors (Lipinski definition) is 16. The largest absolute Gasteiger partial charge is 0.459 e. The Morgan fingerprint density at radius 1 is 0.985 bits per heavy atom. The number of aliphatic hydroxyl groups excluding tert-OH is 2. The molecule has 16 nitrogen and oxygen atoms in total. The number of hydrogen-bond donors (Lipinski definition) is 5. The van der Waals surface area contributed by atoms with E-state index in [1.807, 2.05) is 78.0 Å². The highest BCUT2D eigenvalue weighted by molar-refractivity contribution is 6.31. The normalized spacial score (nSPS) is 41.1. The lowest BCUT2D eigenvalue weighted by Crippen LogP contribution is -2.61. The van der Waals surface area contributed by atoms with Gasteiger partial charge in [-0.2, -0.15) is 0 Å². The number of aliphatic hydroxyl groups is 4. The second-order valence-corrected chi connectivity index (χ2v) is 21.2. The van der Waals surface area contributed by atoms with Crippen molar-refractivity contribution in [2.45, 2.75) is 192 Å². The first-order valence-electron chi connectivity index (χ1n) is 24.3. The number of carbonyl (C=O) groups is 1. The lowest BCUT2D eigenvalue weighted by atomic mass is 9.77. The van der Waals surface area contributed by atoms with Crippen LogP contribution in [0.25, 0.3) is 10.9 Å². The molecular formula is C50H83ClN4O12. The van der Waals surface area contributed by atoms with Crippen LogP contribution in [0, 0.1) is 17.8 Å². The second kappa shape index (κ2) is 23.3. The summed E-state index contributed by atoms with van der Waals surface area (Å²) < 4.78 is 45.8. The molecule has 3 saturated heterocycles. The minimum absolute atomic E-state index is 0.117. The fraction of sp³-hybridized carbons (Fsp3) is 0.800. The van der Waals surface area contributed by atoms with Crippen LogP contribution in [0.4, 0.5) is 5.69 Å². The summed E-state index contributed by atoms with van der Waals surface area (Å²) >= 11 is 6.24. The quantitative estimate of drug-likeness (QED) is 0.122. The summed E-state index contributed by atoms with van der Waals surface area (Å²) in [6, 6.07) is 6.91. The van der Waals surface area contributed by atoms with Gasteiger partial charge in [-0.25, -0.2) is 0 Å². The van der Waals surface area contributed by atoms with Crippen LogP contribution in [0.15, 0.2) is 30.5 Å². The van der Waals surface area contributed by atoms with Crippen LogP contribution >= 0.6 is 11.6 Å². The lowest BCUT2D eigenvalue weighted by Gasteiger charge is -2.49. The van der Waals surface area contributed by atoms with Gasteiger partial charge in [-0.15, -0.1) is 0 Å². The summed E-state index contributed by atoms with van der Waals surface area (Å²) in [6.07, 6.45) is -5.10. The number of ether oxygens (including phenoxy) is 7. The van der Waals surface area contributed by atoms with Crippen LogP contribution in [-0.4, -0.2) is 179 Å². The van der Waals surface area contributed by atoms with Crippen LogP contribution in [0.3, 0.4) is 0 Å². The molecule has 18 atom stereocenters. The Labute approximate surface area is 404 Å². The van der Waals surface area contributed by atoms with Crippen molar-refractivity contribution in [2.75, 3.05) is 53.3 Å². The Balaban J connectivity index is 1.51. The summed E-state index contributed by atoms with van der Waals surface area (Å²) in [5, 5.41) is 52.8. The van der Waals surface area contributed by atoms with Crippen molar-refractivity contribution in [3.63, 3.8) is 0 Å². The standard InChI is InChI=1S/C50H83ClN4O12/c1-15-39-50(10,60)43(56)32(6)55(13)27-28(2)25-48(8,59)45(30(4)41(31(5)46(58)65-39)66-40-26-49(9,61-14)44(57)33(7)64-40)67-47-42(38(54(11)12)23-29(3)63-47)62-22-16-20-52-36-19-21-53-37-24-34(51)17-18-35(36)37/h17-19,21,24,28-33,38-45,47,56-57,59-60H,15-16,20,22-23,25-27H2,1-14H3,(H,52,53)/t28-,29+,30?,31+,32+,33-,38-,39-,40+,41+,42?,43+,44+,45-,47-,48+,49?,50-/m0/s1. The average Bonchev–Trinajstić information content (AvgIpc) is 3.26. The van der Waals surface area contributed by atoms with Crippen LogP contribution in [0.1, 0.15) is 101 Å². The lowest BCUT2D eigenvalue weighted by molar-refractivity contribution is -0.321. The van der Waals surface area contributed by atoms with E-state index >= 15 is 0 Å². The zero-order valence-corrected chi connectivity index (χ0v) is 43.2. The van der Waals surface area contributed by atoms with Gasteiger partial charge in [0.15, 0.2) is 12.6 Å².